The van der Waals surface area contributed by atoms with Gasteiger partial charge in [0, 0.05) is 0 Å². The molecular weight excluding hydrogens is 655 g/mol. The fraction of sp³-hybridized carbons (Fsp3) is 0.771. The van der Waals surface area contributed by atoms with Crippen LogP contribution >= 0.6 is 0 Å². The topological polar surface area (TPSA) is 89.8 Å². The molecule has 0 aliphatic carbocycles. The largest absolute Gasteiger partial charge is 0.394 e. The number of carbonyl (C=O) groups excluding carboxylic acids is 1. The number of rotatable bonds is 40. The molecule has 4 N–H and O–H groups in total. The van der Waals surface area contributed by atoms with E-state index >= 15 is 0 Å². The van der Waals surface area contributed by atoms with Gasteiger partial charge in [0.2, 0.25) is 5.91 Å². The van der Waals surface area contributed by atoms with Crippen molar-refractivity contribution in [2.24, 2.45) is 0 Å². The predicted molar refractivity (Wildman–Crippen MR) is 231 cm³/mol. The van der Waals surface area contributed by atoms with Gasteiger partial charge in [-0.3, -0.25) is 4.79 Å². The van der Waals surface area contributed by atoms with Crippen molar-refractivity contribution in [3.63, 3.8) is 0 Å². The quantitative estimate of drug-likeness (QED) is 0.0372. The van der Waals surface area contributed by atoms with E-state index in [0.29, 0.717) is 6.42 Å². The van der Waals surface area contributed by atoms with Gasteiger partial charge in [-0.05, 0) is 71.1 Å². The number of unbranched alkanes of at least 4 members (excludes halogenated alkanes) is 25. The van der Waals surface area contributed by atoms with Crippen molar-refractivity contribution in [3.8, 4) is 0 Å². The summed E-state index contributed by atoms with van der Waals surface area (Å²) in [6.07, 6.45) is 57.3. The van der Waals surface area contributed by atoms with Crippen molar-refractivity contribution in [2.75, 3.05) is 6.61 Å². The van der Waals surface area contributed by atoms with E-state index in [1.54, 1.807) is 6.08 Å². The van der Waals surface area contributed by atoms with Gasteiger partial charge in [0.25, 0.3) is 0 Å². The zero-order valence-corrected chi connectivity index (χ0v) is 34.9. The van der Waals surface area contributed by atoms with E-state index in [1.165, 1.54) is 141 Å². The van der Waals surface area contributed by atoms with E-state index in [-0.39, 0.29) is 6.61 Å². The Balaban J connectivity index is 3.56. The van der Waals surface area contributed by atoms with Crippen molar-refractivity contribution >= 4 is 5.91 Å². The Morgan fingerprint density at radius 1 is 0.509 bits per heavy atom. The summed E-state index contributed by atoms with van der Waals surface area (Å²) >= 11 is 0. The zero-order chi connectivity index (χ0) is 38.7. The molecule has 0 aliphatic heterocycles. The first-order chi connectivity index (χ1) is 26.1. The van der Waals surface area contributed by atoms with E-state index in [9.17, 15) is 20.1 Å². The highest BCUT2D eigenvalue weighted by Crippen LogP contribution is 2.15. The summed E-state index contributed by atoms with van der Waals surface area (Å²) in [5.74, 6) is -0.522. The third-order valence-electron chi connectivity index (χ3n) is 10.2. The van der Waals surface area contributed by atoms with Crippen LogP contribution in [-0.4, -0.2) is 46.1 Å². The van der Waals surface area contributed by atoms with Crippen LogP contribution in [0, 0.1) is 0 Å². The Kier molecular flexibility index (Phi) is 41.2. The molecule has 0 bridgehead atoms. The second-order valence-electron chi connectivity index (χ2n) is 15.3. The number of hydrogen-bond acceptors (Lipinski definition) is 4. The highest BCUT2D eigenvalue weighted by molar-refractivity contribution is 5.80. The maximum Gasteiger partial charge on any atom is 0.249 e. The maximum atomic E-state index is 12.4. The van der Waals surface area contributed by atoms with Gasteiger partial charge in [-0.15, -0.1) is 0 Å². The Bertz CT molecular complexity index is 907. The molecule has 0 heterocycles. The number of nitrogens with one attached hydrogen (secondary N) is 1. The van der Waals surface area contributed by atoms with E-state index in [4.69, 9.17) is 0 Å². The number of aliphatic hydroxyl groups is 3. The second kappa shape index (κ2) is 42.8. The smallest absolute Gasteiger partial charge is 0.249 e. The highest BCUT2D eigenvalue weighted by atomic mass is 16.3. The molecule has 5 nitrogen and oxygen atoms in total. The van der Waals surface area contributed by atoms with Gasteiger partial charge in [0.05, 0.1) is 18.8 Å². The fourth-order valence-corrected chi connectivity index (χ4v) is 6.61. The van der Waals surface area contributed by atoms with Crippen LogP contribution in [0.2, 0.25) is 0 Å². The molecule has 3 atom stereocenters. The predicted octanol–water partition coefficient (Wildman–Crippen LogP) is 13.1. The van der Waals surface area contributed by atoms with E-state index in [0.717, 1.165) is 51.4 Å². The summed E-state index contributed by atoms with van der Waals surface area (Å²) in [6, 6.07) is -0.820. The lowest BCUT2D eigenvalue weighted by Gasteiger charge is -2.21. The van der Waals surface area contributed by atoms with Crippen molar-refractivity contribution in [2.45, 2.75) is 231 Å². The van der Waals surface area contributed by atoms with Crippen molar-refractivity contribution < 1.29 is 20.1 Å². The van der Waals surface area contributed by atoms with Crippen LogP contribution in [0.3, 0.4) is 0 Å². The van der Waals surface area contributed by atoms with Gasteiger partial charge in [-0.1, -0.05) is 203 Å². The summed E-state index contributed by atoms with van der Waals surface area (Å²) in [4.78, 5) is 12.4. The summed E-state index contributed by atoms with van der Waals surface area (Å²) in [5, 5.41) is 32.9. The highest BCUT2D eigenvalue weighted by Gasteiger charge is 2.22. The Morgan fingerprint density at radius 3 is 1.36 bits per heavy atom. The number of aliphatic hydroxyl groups excluding tert-OH is 3. The van der Waals surface area contributed by atoms with Crippen LogP contribution in [-0.2, 0) is 4.79 Å². The van der Waals surface area contributed by atoms with E-state index < -0.39 is 24.2 Å². The molecule has 53 heavy (non-hydrogen) atoms. The van der Waals surface area contributed by atoms with Gasteiger partial charge in [-0.2, -0.15) is 0 Å². The van der Waals surface area contributed by atoms with Crippen LogP contribution in [0.5, 0.6) is 0 Å². The van der Waals surface area contributed by atoms with Crippen LogP contribution < -0.4 is 5.32 Å². The minimum absolute atomic E-state index is 0.384. The van der Waals surface area contributed by atoms with E-state index in [2.05, 4.69) is 60.8 Å². The first kappa shape index (κ1) is 51.0. The molecule has 3 unspecified atom stereocenters. The van der Waals surface area contributed by atoms with Gasteiger partial charge in [0.1, 0.15) is 6.10 Å². The molecule has 0 rings (SSSR count). The zero-order valence-electron chi connectivity index (χ0n) is 34.9. The summed E-state index contributed by atoms with van der Waals surface area (Å²) < 4.78 is 0. The third kappa shape index (κ3) is 38.1. The summed E-state index contributed by atoms with van der Waals surface area (Å²) in [6.45, 7) is 3.92. The Labute approximate surface area is 329 Å². The fourth-order valence-electron chi connectivity index (χ4n) is 6.61. The molecule has 0 fully saturated rings. The molecule has 0 aromatic heterocycles. The molecule has 308 valence electrons. The number of allylic oxidation sites excluding steroid dienone is 9. The minimum atomic E-state index is -1.11. The molecule has 0 radical (unpaired) electrons. The molecule has 1 amide bonds. The SMILES string of the molecule is C/C=C/CC/C=C/CC/C=C/C(O)C(CO)NC(=O)C(O)CCCCCCCCCCCCCCCC/C=C\C/C=C\CCCCCCCCCCC. The first-order valence-electron chi connectivity index (χ1n) is 22.6. The monoisotopic (exact) mass is 742 g/mol. The molecule has 0 aromatic rings. The molecular formula is C48H87NO4. The summed E-state index contributed by atoms with van der Waals surface area (Å²) in [7, 11) is 0. The van der Waals surface area contributed by atoms with Crippen LogP contribution in [0.4, 0.5) is 0 Å². The normalized spacial score (nSPS) is 14.1. The molecule has 0 spiro atoms. The molecule has 0 aromatic carbocycles. The lowest BCUT2D eigenvalue weighted by molar-refractivity contribution is -0.131. The summed E-state index contributed by atoms with van der Waals surface area (Å²) in [5.41, 5.74) is 0. The van der Waals surface area contributed by atoms with Crippen molar-refractivity contribution in [1.82, 2.24) is 5.32 Å². The molecule has 0 saturated heterocycles. The maximum absolute atomic E-state index is 12.4. The average Bonchev–Trinajstić information content (AvgIpc) is 3.16. The number of carbonyl (C=O) groups is 1. The van der Waals surface area contributed by atoms with Gasteiger partial charge >= 0.3 is 0 Å². The minimum Gasteiger partial charge on any atom is -0.394 e. The Hall–Kier alpha value is -1.95. The second-order valence-corrected chi connectivity index (χ2v) is 15.3. The van der Waals surface area contributed by atoms with Crippen LogP contribution in [0.15, 0.2) is 60.8 Å². The first-order valence-corrected chi connectivity index (χ1v) is 22.6. The van der Waals surface area contributed by atoms with Crippen molar-refractivity contribution in [3.05, 3.63) is 60.8 Å². The average molecular weight is 742 g/mol. The molecule has 0 saturated carbocycles. The lowest BCUT2D eigenvalue weighted by atomic mass is 10.0. The molecule has 0 aliphatic rings. The third-order valence-corrected chi connectivity index (χ3v) is 10.2. The van der Waals surface area contributed by atoms with Gasteiger partial charge < -0.3 is 20.6 Å². The van der Waals surface area contributed by atoms with Crippen LogP contribution in [0.1, 0.15) is 213 Å². The van der Waals surface area contributed by atoms with Gasteiger partial charge in [0.15, 0.2) is 0 Å². The standard InChI is InChI=1S/C48H87NO4/c1-3-5-7-9-11-13-14-15-16-17-18-19-20-21-22-23-24-25-26-27-28-29-30-31-32-33-35-37-39-41-43-47(52)48(53)49-45(44-50)46(51)42-40-38-36-34-12-10-8-6-4-2/h4,6,12,18-19,21-22,34,40,42,45-47,50-52H,3,5,7-11,13-17,20,23-33,35-39,41,43-44H2,1-2H3,(H,49,53)/b6-4+,19-18-,22-21-,34-12+,42-40+. The van der Waals surface area contributed by atoms with E-state index in [1.807, 2.05) is 13.0 Å². The van der Waals surface area contributed by atoms with Gasteiger partial charge in [-0.25, -0.2) is 0 Å². The number of amides is 1. The van der Waals surface area contributed by atoms with Crippen molar-refractivity contribution in [1.29, 1.82) is 0 Å². The Morgan fingerprint density at radius 2 is 0.906 bits per heavy atom. The molecule has 5 heteroatoms. The van der Waals surface area contributed by atoms with Crippen LogP contribution in [0.25, 0.3) is 0 Å². The number of hydrogen-bond donors (Lipinski definition) is 4. The lowest BCUT2D eigenvalue weighted by Crippen LogP contribution is -2.48.